The first-order valence-electron chi connectivity index (χ1n) is 12.0. The van der Waals surface area contributed by atoms with Crippen LogP contribution in [-0.2, 0) is 0 Å². The molecule has 0 radical (unpaired) electrons. The lowest BCUT2D eigenvalue weighted by Gasteiger charge is -2.24. The third-order valence-corrected chi connectivity index (χ3v) is 8.12. The number of nitrogens with zero attached hydrogens (tertiary/aromatic N) is 3. The van der Waals surface area contributed by atoms with E-state index in [4.69, 9.17) is 21.6 Å². The Kier molecular flexibility index (Phi) is 6.93. The Morgan fingerprint density at radius 1 is 0.971 bits per heavy atom. The van der Waals surface area contributed by atoms with E-state index in [1.807, 2.05) is 48.7 Å². The van der Waals surface area contributed by atoms with Gasteiger partial charge in [0.1, 0.15) is 0 Å². The Bertz CT molecular complexity index is 1250. The molecule has 4 nitrogen and oxygen atoms in total. The molecule has 0 amide bonds. The standard InChI is InChI=1S/C28H29ClN4S/c1-18-11-13-21(14-12-18)27-33-25(22-9-6-10-23(29)17-22)26(34-27)24-15-16-30-28(32-24)31-19(2)20-7-4-3-5-8-20/h3-10,15-19,21H,11-14H2,1-2H3,(H,30,31,32). The number of thiazole rings is 1. The zero-order valence-corrected chi connectivity index (χ0v) is 21.1. The van der Waals surface area contributed by atoms with E-state index < -0.39 is 0 Å². The van der Waals surface area contributed by atoms with E-state index in [0.29, 0.717) is 16.9 Å². The molecule has 1 unspecified atom stereocenters. The number of aromatic nitrogens is 3. The SMILES string of the molecule is CC1CCC(c2nc(-c3cccc(Cl)c3)c(-c3ccnc(NC(C)c4ccccc4)n3)s2)CC1. The summed E-state index contributed by atoms with van der Waals surface area (Å²) in [7, 11) is 0. The minimum atomic E-state index is 0.102. The molecule has 5 rings (SSSR count). The highest BCUT2D eigenvalue weighted by atomic mass is 35.5. The molecule has 0 bridgehead atoms. The maximum atomic E-state index is 6.35. The van der Waals surface area contributed by atoms with Crippen LogP contribution < -0.4 is 5.32 Å². The Balaban J connectivity index is 1.50. The summed E-state index contributed by atoms with van der Waals surface area (Å²) < 4.78 is 0. The average molecular weight is 489 g/mol. The van der Waals surface area contributed by atoms with Crippen LogP contribution in [0.3, 0.4) is 0 Å². The van der Waals surface area contributed by atoms with Crippen molar-refractivity contribution in [3.05, 3.63) is 82.5 Å². The van der Waals surface area contributed by atoms with Gasteiger partial charge in [-0.3, -0.25) is 0 Å². The molecule has 1 fully saturated rings. The normalized spacial score (nSPS) is 19.0. The fourth-order valence-electron chi connectivity index (χ4n) is 4.60. The fourth-order valence-corrected chi connectivity index (χ4v) is 6.01. The Morgan fingerprint density at radius 3 is 2.53 bits per heavy atom. The predicted molar refractivity (Wildman–Crippen MR) is 142 cm³/mol. The lowest BCUT2D eigenvalue weighted by molar-refractivity contribution is 0.347. The molecule has 0 aliphatic heterocycles. The molecule has 1 N–H and O–H groups in total. The zero-order chi connectivity index (χ0) is 23.5. The number of hydrogen-bond acceptors (Lipinski definition) is 5. The second-order valence-corrected chi connectivity index (χ2v) is 10.7. The van der Waals surface area contributed by atoms with Crippen LogP contribution in [0, 0.1) is 5.92 Å². The van der Waals surface area contributed by atoms with Crippen LogP contribution in [0.2, 0.25) is 5.02 Å². The van der Waals surface area contributed by atoms with Crippen molar-refractivity contribution in [2.75, 3.05) is 5.32 Å². The lowest BCUT2D eigenvalue weighted by Crippen LogP contribution is -2.10. The van der Waals surface area contributed by atoms with E-state index in [1.54, 1.807) is 11.3 Å². The molecule has 0 spiro atoms. The van der Waals surface area contributed by atoms with Gasteiger partial charge in [-0.25, -0.2) is 15.0 Å². The molecule has 6 heteroatoms. The molecule has 4 aromatic rings. The van der Waals surface area contributed by atoms with Crippen molar-refractivity contribution >= 4 is 28.9 Å². The molecule has 2 aromatic carbocycles. The number of anilines is 1. The van der Waals surface area contributed by atoms with Gasteiger partial charge in [-0.2, -0.15) is 0 Å². The van der Waals surface area contributed by atoms with Gasteiger partial charge in [0.25, 0.3) is 0 Å². The molecule has 34 heavy (non-hydrogen) atoms. The van der Waals surface area contributed by atoms with E-state index in [9.17, 15) is 0 Å². The fraction of sp³-hybridized carbons (Fsp3) is 0.321. The van der Waals surface area contributed by atoms with E-state index >= 15 is 0 Å². The summed E-state index contributed by atoms with van der Waals surface area (Å²) in [5, 5.41) is 5.38. The molecular weight excluding hydrogens is 460 g/mol. The van der Waals surface area contributed by atoms with Gasteiger partial charge >= 0.3 is 0 Å². The molecule has 2 aromatic heterocycles. The van der Waals surface area contributed by atoms with Gasteiger partial charge in [0.2, 0.25) is 5.95 Å². The van der Waals surface area contributed by atoms with Crippen molar-refractivity contribution in [1.29, 1.82) is 0 Å². The second kappa shape index (κ2) is 10.2. The van der Waals surface area contributed by atoms with E-state index in [-0.39, 0.29) is 6.04 Å². The van der Waals surface area contributed by atoms with Crippen LogP contribution in [0.15, 0.2) is 66.9 Å². The van der Waals surface area contributed by atoms with Crippen LogP contribution in [-0.4, -0.2) is 15.0 Å². The number of nitrogens with one attached hydrogen (secondary N) is 1. The first-order valence-corrected chi connectivity index (χ1v) is 13.2. The molecule has 1 aliphatic rings. The zero-order valence-electron chi connectivity index (χ0n) is 19.5. The minimum absolute atomic E-state index is 0.102. The second-order valence-electron chi connectivity index (χ2n) is 9.24. The highest BCUT2D eigenvalue weighted by Crippen LogP contribution is 2.43. The van der Waals surface area contributed by atoms with Crippen molar-refractivity contribution in [1.82, 2.24) is 15.0 Å². The van der Waals surface area contributed by atoms with Crippen molar-refractivity contribution < 1.29 is 0 Å². The summed E-state index contributed by atoms with van der Waals surface area (Å²) in [5.74, 6) is 1.95. The van der Waals surface area contributed by atoms with Gasteiger partial charge in [-0.15, -0.1) is 11.3 Å². The summed E-state index contributed by atoms with van der Waals surface area (Å²) in [6.45, 7) is 4.48. The summed E-state index contributed by atoms with van der Waals surface area (Å²) in [6, 6.07) is 20.4. The van der Waals surface area contributed by atoms with Crippen molar-refractivity contribution in [3.63, 3.8) is 0 Å². The predicted octanol–water partition coefficient (Wildman–Crippen LogP) is 8.39. The van der Waals surface area contributed by atoms with Crippen LogP contribution in [0.4, 0.5) is 5.95 Å². The Morgan fingerprint density at radius 2 is 1.76 bits per heavy atom. The maximum Gasteiger partial charge on any atom is 0.223 e. The highest BCUT2D eigenvalue weighted by molar-refractivity contribution is 7.15. The third-order valence-electron chi connectivity index (χ3n) is 6.64. The Labute approximate surface area is 210 Å². The first kappa shape index (κ1) is 23.0. The molecule has 2 heterocycles. The summed E-state index contributed by atoms with van der Waals surface area (Å²) in [6.07, 6.45) is 6.77. The number of halogens is 1. The molecule has 0 saturated heterocycles. The molecule has 1 aliphatic carbocycles. The van der Waals surface area contributed by atoms with E-state index in [1.165, 1.54) is 36.3 Å². The van der Waals surface area contributed by atoms with Gasteiger partial charge < -0.3 is 5.32 Å². The monoisotopic (exact) mass is 488 g/mol. The van der Waals surface area contributed by atoms with E-state index in [0.717, 1.165) is 27.7 Å². The lowest BCUT2D eigenvalue weighted by atomic mass is 9.83. The topological polar surface area (TPSA) is 50.7 Å². The van der Waals surface area contributed by atoms with Gasteiger partial charge in [0.05, 0.1) is 27.3 Å². The van der Waals surface area contributed by atoms with Gasteiger partial charge in [0.15, 0.2) is 0 Å². The first-order chi connectivity index (χ1) is 16.6. The highest BCUT2D eigenvalue weighted by Gasteiger charge is 2.25. The summed E-state index contributed by atoms with van der Waals surface area (Å²) >= 11 is 8.12. The Hall–Kier alpha value is -2.76. The van der Waals surface area contributed by atoms with E-state index in [2.05, 4.69) is 42.3 Å². The van der Waals surface area contributed by atoms with Crippen molar-refractivity contribution in [2.24, 2.45) is 5.92 Å². The van der Waals surface area contributed by atoms with Crippen LogP contribution in [0.5, 0.6) is 0 Å². The van der Waals surface area contributed by atoms with Crippen LogP contribution in [0.1, 0.15) is 62.1 Å². The maximum absolute atomic E-state index is 6.35. The largest absolute Gasteiger partial charge is 0.348 e. The third kappa shape index (κ3) is 5.16. The average Bonchev–Trinajstić information content (AvgIpc) is 3.31. The van der Waals surface area contributed by atoms with Crippen molar-refractivity contribution in [2.45, 2.75) is 51.5 Å². The smallest absolute Gasteiger partial charge is 0.223 e. The molecule has 1 saturated carbocycles. The molecule has 1 atom stereocenters. The quantitative estimate of drug-likeness (QED) is 0.296. The molecule has 174 valence electrons. The van der Waals surface area contributed by atoms with Gasteiger partial charge in [-0.05, 0) is 49.4 Å². The molecular formula is C28H29ClN4S. The summed E-state index contributed by atoms with van der Waals surface area (Å²) in [4.78, 5) is 15.6. The van der Waals surface area contributed by atoms with Crippen molar-refractivity contribution in [3.8, 4) is 21.8 Å². The van der Waals surface area contributed by atoms with Gasteiger partial charge in [0, 0.05) is 22.7 Å². The summed E-state index contributed by atoms with van der Waals surface area (Å²) in [5.41, 5.74) is 4.07. The van der Waals surface area contributed by atoms with Gasteiger partial charge in [-0.1, -0.05) is 73.8 Å². The number of benzene rings is 2. The number of rotatable bonds is 6. The minimum Gasteiger partial charge on any atom is -0.348 e. The van der Waals surface area contributed by atoms with Crippen LogP contribution in [0.25, 0.3) is 21.8 Å². The van der Waals surface area contributed by atoms with Crippen LogP contribution >= 0.6 is 22.9 Å². The number of hydrogen-bond donors (Lipinski definition) is 1.